The van der Waals surface area contributed by atoms with Gasteiger partial charge in [0.05, 0.1) is 19.5 Å². The second-order valence-corrected chi connectivity index (χ2v) is 6.19. The van der Waals surface area contributed by atoms with E-state index >= 15 is 0 Å². The first-order chi connectivity index (χ1) is 12.3. The van der Waals surface area contributed by atoms with Crippen LogP contribution in [-0.4, -0.2) is 33.7 Å². The lowest BCUT2D eigenvalue weighted by Gasteiger charge is -2.08. The third-order valence-corrected chi connectivity index (χ3v) is 4.42. The lowest BCUT2D eigenvalue weighted by Crippen LogP contribution is -2.03. The summed E-state index contributed by atoms with van der Waals surface area (Å²) in [6.07, 6.45) is 1.64. The van der Waals surface area contributed by atoms with E-state index in [0.717, 1.165) is 40.5 Å². The molecule has 25 heavy (non-hydrogen) atoms. The van der Waals surface area contributed by atoms with E-state index in [-0.39, 0.29) is 0 Å². The molecule has 0 saturated heterocycles. The van der Waals surface area contributed by atoms with Crippen molar-refractivity contribution in [3.8, 4) is 23.1 Å². The molecule has 0 aliphatic carbocycles. The Labute approximate surface area is 151 Å². The molecule has 0 N–H and O–H groups in total. The van der Waals surface area contributed by atoms with Crippen LogP contribution >= 0.6 is 11.8 Å². The van der Waals surface area contributed by atoms with Gasteiger partial charge in [0.1, 0.15) is 11.5 Å². The minimum absolute atomic E-state index is 0.589. The van der Waals surface area contributed by atoms with Crippen molar-refractivity contribution in [1.82, 2.24) is 14.8 Å². The monoisotopic (exact) mass is 359 g/mol. The van der Waals surface area contributed by atoms with Crippen molar-refractivity contribution in [2.75, 3.05) is 19.0 Å². The van der Waals surface area contributed by atoms with Gasteiger partial charge in [0.25, 0.3) is 0 Å². The Morgan fingerprint density at radius 2 is 1.80 bits per heavy atom. The molecule has 0 aliphatic rings. The fraction of sp³-hybridized carbons (Fsp3) is 0.333. The van der Waals surface area contributed by atoms with Crippen molar-refractivity contribution in [3.05, 3.63) is 42.7 Å². The van der Waals surface area contributed by atoms with Crippen LogP contribution in [0, 0.1) is 0 Å². The quantitative estimate of drug-likeness (QED) is 0.423. The van der Waals surface area contributed by atoms with Gasteiger partial charge in [0, 0.05) is 12.3 Å². The molecule has 0 saturated carbocycles. The smallest absolute Gasteiger partial charge is 0.200 e. The Morgan fingerprint density at radius 1 is 1.04 bits per heavy atom. The highest BCUT2D eigenvalue weighted by molar-refractivity contribution is 7.99. The third kappa shape index (κ3) is 4.36. The van der Waals surface area contributed by atoms with Gasteiger partial charge in [0.15, 0.2) is 16.7 Å². The average Bonchev–Trinajstić information content (AvgIpc) is 3.29. The maximum absolute atomic E-state index is 5.76. The minimum atomic E-state index is 0.589. The number of hydrogen-bond donors (Lipinski definition) is 0. The molecule has 132 valence electrons. The highest BCUT2D eigenvalue weighted by Crippen LogP contribution is 2.24. The summed E-state index contributed by atoms with van der Waals surface area (Å²) >= 11 is 1.62. The van der Waals surface area contributed by atoms with Gasteiger partial charge in [-0.2, -0.15) is 0 Å². The molecule has 3 rings (SSSR count). The van der Waals surface area contributed by atoms with Crippen LogP contribution in [0.1, 0.15) is 13.8 Å². The molecule has 1 aromatic carbocycles. The Balaban J connectivity index is 1.52. The second-order valence-electron chi connectivity index (χ2n) is 5.13. The van der Waals surface area contributed by atoms with E-state index in [1.54, 1.807) is 18.0 Å². The van der Waals surface area contributed by atoms with Crippen molar-refractivity contribution in [2.45, 2.75) is 25.5 Å². The first-order valence-electron chi connectivity index (χ1n) is 8.27. The molecule has 3 aromatic rings. The number of hydrogen-bond acceptors (Lipinski definition) is 6. The lowest BCUT2D eigenvalue weighted by molar-refractivity contribution is 0.332. The number of rotatable bonds is 9. The van der Waals surface area contributed by atoms with E-state index in [0.29, 0.717) is 13.2 Å². The lowest BCUT2D eigenvalue weighted by atomic mass is 10.3. The SMILES string of the molecule is CCOc1ccc(OCCSc2nnc(-c3ccco3)n2CC)cc1. The molecule has 2 heterocycles. The zero-order valence-electron chi connectivity index (χ0n) is 14.3. The Hall–Kier alpha value is -2.41. The van der Waals surface area contributed by atoms with Crippen molar-refractivity contribution >= 4 is 11.8 Å². The van der Waals surface area contributed by atoms with E-state index in [9.17, 15) is 0 Å². The predicted octanol–water partition coefficient (Wildman–Crippen LogP) is 4.13. The van der Waals surface area contributed by atoms with Gasteiger partial charge >= 0.3 is 0 Å². The van der Waals surface area contributed by atoms with Crippen LogP contribution in [0.3, 0.4) is 0 Å². The van der Waals surface area contributed by atoms with Gasteiger partial charge in [-0.05, 0) is 50.2 Å². The Bertz CT molecular complexity index is 769. The van der Waals surface area contributed by atoms with Crippen molar-refractivity contribution in [2.24, 2.45) is 0 Å². The minimum Gasteiger partial charge on any atom is -0.494 e. The number of nitrogens with zero attached hydrogens (tertiary/aromatic N) is 3. The van der Waals surface area contributed by atoms with Crippen molar-refractivity contribution in [1.29, 1.82) is 0 Å². The van der Waals surface area contributed by atoms with Crippen LogP contribution < -0.4 is 9.47 Å². The van der Waals surface area contributed by atoms with Crippen molar-refractivity contribution in [3.63, 3.8) is 0 Å². The zero-order chi connectivity index (χ0) is 17.5. The fourth-order valence-corrected chi connectivity index (χ4v) is 3.18. The number of aromatic nitrogens is 3. The maximum atomic E-state index is 5.76. The molecule has 2 aromatic heterocycles. The highest BCUT2D eigenvalue weighted by atomic mass is 32.2. The van der Waals surface area contributed by atoms with E-state index < -0.39 is 0 Å². The average molecular weight is 359 g/mol. The summed E-state index contributed by atoms with van der Waals surface area (Å²) < 4.78 is 18.6. The normalized spacial score (nSPS) is 10.8. The number of furan rings is 1. The van der Waals surface area contributed by atoms with E-state index in [1.807, 2.05) is 47.9 Å². The zero-order valence-corrected chi connectivity index (χ0v) is 15.2. The van der Waals surface area contributed by atoms with E-state index in [4.69, 9.17) is 13.9 Å². The predicted molar refractivity (Wildman–Crippen MR) is 97.2 cm³/mol. The molecule has 0 aliphatic heterocycles. The molecule has 6 nitrogen and oxygen atoms in total. The Kier molecular flexibility index (Phi) is 6.00. The number of ether oxygens (including phenoxy) is 2. The van der Waals surface area contributed by atoms with Crippen molar-refractivity contribution < 1.29 is 13.9 Å². The molecule has 0 spiro atoms. The number of thioether (sulfide) groups is 1. The van der Waals surface area contributed by atoms with E-state index in [2.05, 4.69) is 17.1 Å². The largest absolute Gasteiger partial charge is 0.494 e. The first kappa shape index (κ1) is 17.4. The third-order valence-electron chi connectivity index (χ3n) is 3.49. The number of benzene rings is 1. The molecule has 0 atom stereocenters. The van der Waals surface area contributed by atoms with Crippen LogP contribution in [0.4, 0.5) is 0 Å². The summed E-state index contributed by atoms with van der Waals surface area (Å²) in [5, 5.41) is 9.37. The Morgan fingerprint density at radius 3 is 2.44 bits per heavy atom. The topological polar surface area (TPSA) is 62.3 Å². The molecule has 0 fully saturated rings. The molecular formula is C18H21N3O3S. The van der Waals surface area contributed by atoms with E-state index in [1.165, 1.54) is 0 Å². The fourth-order valence-electron chi connectivity index (χ4n) is 2.36. The van der Waals surface area contributed by atoms with Crippen LogP contribution in [-0.2, 0) is 6.54 Å². The van der Waals surface area contributed by atoms with Crippen LogP contribution in [0.15, 0.2) is 52.2 Å². The van der Waals surface area contributed by atoms with Crippen LogP contribution in [0.5, 0.6) is 11.5 Å². The van der Waals surface area contributed by atoms with Crippen LogP contribution in [0.2, 0.25) is 0 Å². The molecule has 0 amide bonds. The molecular weight excluding hydrogens is 338 g/mol. The van der Waals surface area contributed by atoms with Gasteiger partial charge in [-0.3, -0.25) is 4.57 Å². The van der Waals surface area contributed by atoms with Gasteiger partial charge < -0.3 is 13.9 Å². The summed E-state index contributed by atoms with van der Waals surface area (Å²) in [5.41, 5.74) is 0. The van der Waals surface area contributed by atoms with Gasteiger partial charge in [-0.1, -0.05) is 11.8 Å². The first-order valence-corrected chi connectivity index (χ1v) is 9.26. The summed E-state index contributed by atoms with van der Waals surface area (Å²) in [7, 11) is 0. The van der Waals surface area contributed by atoms with Gasteiger partial charge in [0.2, 0.25) is 0 Å². The summed E-state index contributed by atoms with van der Waals surface area (Å²) in [4.78, 5) is 0. The van der Waals surface area contributed by atoms with Gasteiger partial charge in [-0.25, -0.2) is 0 Å². The van der Waals surface area contributed by atoms with Crippen LogP contribution in [0.25, 0.3) is 11.6 Å². The molecule has 0 bridgehead atoms. The summed E-state index contributed by atoms with van der Waals surface area (Å²) in [6.45, 7) is 6.07. The summed E-state index contributed by atoms with van der Waals surface area (Å²) in [6, 6.07) is 11.4. The van der Waals surface area contributed by atoms with Gasteiger partial charge in [-0.15, -0.1) is 10.2 Å². The molecule has 7 heteroatoms. The summed E-state index contributed by atoms with van der Waals surface area (Å²) in [5.74, 6) is 3.95. The second kappa shape index (κ2) is 8.62. The molecule has 0 radical (unpaired) electrons. The molecule has 0 unspecified atom stereocenters. The maximum Gasteiger partial charge on any atom is 0.200 e. The highest BCUT2D eigenvalue weighted by Gasteiger charge is 2.14. The standard InChI is InChI=1S/C18H21N3O3S/c1-3-21-17(16-6-5-11-24-16)19-20-18(21)25-13-12-23-15-9-7-14(8-10-15)22-4-2/h5-11H,3-4,12-13H2,1-2H3.